The van der Waals surface area contributed by atoms with Gasteiger partial charge in [0, 0.05) is 19.5 Å². The van der Waals surface area contributed by atoms with Gasteiger partial charge in [-0.1, -0.05) is 30.3 Å². The normalized spacial score (nSPS) is 11.1. The number of aryl methyl sites for hydroxylation is 3. The lowest BCUT2D eigenvalue weighted by Crippen LogP contribution is -2.28. The number of carbonyl (C=O) groups is 1. The Labute approximate surface area is 162 Å². The van der Waals surface area contributed by atoms with Gasteiger partial charge in [0.1, 0.15) is 17.2 Å². The van der Waals surface area contributed by atoms with E-state index in [9.17, 15) is 4.79 Å². The van der Waals surface area contributed by atoms with Crippen LogP contribution in [0.25, 0.3) is 10.2 Å². The summed E-state index contributed by atoms with van der Waals surface area (Å²) in [5.41, 5.74) is 3.13. The number of furan rings is 1. The Balaban J connectivity index is 1.46. The first kappa shape index (κ1) is 17.6. The van der Waals surface area contributed by atoms with E-state index in [0.717, 1.165) is 40.4 Å². The van der Waals surface area contributed by atoms with Gasteiger partial charge in [0.25, 0.3) is 5.91 Å². The van der Waals surface area contributed by atoms with Crippen molar-refractivity contribution in [3.8, 4) is 0 Å². The van der Waals surface area contributed by atoms with E-state index < -0.39 is 0 Å². The molecule has 0 bridgehead atoms. The van der Waals surface area contributed by atoms with Crippen LogP contribution in [0.5, 0.6) is 0 Å². The van der Waals surface area contributed by atoms with E-state index in [1.807, 2.05) is 31.2 Å². The van der Waals surface area contributed by atoms with Crippen molar-refractivity contribution in [3.63, 3.8) is 0 Å². The second kappa shape index (κ2) is 7.84. The van der Waals surface area contributed by atoms with Crippen LogP contribution in [0, 0.1) is 6.92 Å². The Morgan fingerprint density at radius 3 is 2.74 bits per heavy atom. The Morgan fingerprint density at radius 1 is 1.11 bits per heavy atom. The van der Waals surface area contributed by atoms with Crippen LogP contribution in [0.1, 0.15) is 27.6 Å². The van der Waals surface area contributed by atoms with E-state index in [2.05, 4.69) is 45.6 Å². The first-order chi connectivity index (χ1) is 13.2. The first-order valence-corrected chi connectivity index (χ1v) is 10.0. The number of rotatable bonds is 7. The third-order valence-corrected chi connectivity index (χ3v) is 5.53. The summed E-state index contributed by atoms with van der Waals surface area (Å²) in [6, 6.07) is 18.4. The highest BCUT2D eigenvalue weighted by atomic mass is 32.1. The van der Waals surface area contributed by atoms with E-state index in [1.165, 1.54) is 5.56 Å². The van der Waals surface area contributed by atoms with Gasteiger partial charge >= 0.3 is 0 Å². The summed E-state index contributed by atoms with van der Waals surface area (Å²) in [6.45, 7) is 3.27. The third-order valence-electron chi connectivity index (χ3n) is 4.68. The molecule has 0 saturated heterocycles. The molecule has 0 radical (unpaired) electrons. The molecule has 0 spiro atoms. The highest BCUT2D eigenvalue weighted by Gasteiger charge is 2.16. The highest BCUT2D eigenvalue weighted by Crippen LogP contribution is 2.25. The molecule has 4 nitrogen and oxygen atoms in total. The number of hydrogen-bond acceptors (Lipinski definition) is 3. The molecule has 3 aromatic heterocycles. The molecule has 0 aliphatic rings. The second-order valence-electron chi connectivity index (χ2n) is 6.61. The van der Waals surface area contributed by atoms with Gasteiger partial charge in [-0.25, -0.2) is 0 Å². The van der Waals surface area contributed by atoms with E-state index in [0.29, 0.717) is 13.0 Å². The second-order valence-corrected chi connectivity index (χ2v) is 7.55. The standard InChI is InChI=1S/C22H22N2O2S/c1-16-7-8-18(26-16)9-12-23-22(25)20-15-21-19(11-14-27-21)24(20)13-10-17-5-3-2-4-6-17/h2-8,11,14-15H,9-10,12-13H2,1H3,(H,23,25). The fourth-order valence-corrected chi connectivity index (χ4v) is 4.12. The molecule has 0 atom stereocenters. The van der Waals surface area contributed by atoms with Crippen LogP contribution in [0.15, 0.2) is 64.4 Å². The number of carbonyl (C=O) groups excluding carboxylic acids is 1. The lowest BCUT2D eigenvalue weighted by molar-refractivity contribution is 0.0945. The molecule has 4 rings (SSSR count). The summed E-state index contributed by atoms with van der Waals surface area (Å²) in [5.74, 6) is 1.76. The lowest BCUT2D eigenvalue weighted by atomic mass is 10.1. The first-order valence-electron chi connectivity index (χ1n) is 9.15. The van der Waals surface area contributed by atoms with Gasteiger partial charge in [-0.3, -0.25) is 4.79 Å². The van der Waals surface area contributed by atoms with Crippen molar-refractivity contribution in [3.05, 3.63) is 82.8 Å². The average Bonchev–Trinajstić information content (AvgIpc) is 3.37. The van der Waals surface area contributed by atoms with E-state index >= 15 is 0 Å². The predicted molar refractivity (Wildman–Crippen MR) is 109 cm³/mol. The maximum atomic E-state index is 12.8. The highest BCUT2D eigenvalue weighted by molar-refractivity contribution is 7.17. The molecule has 0 aliphatic carbocycles. The number of benzene rings is 1. The topological polar surface area (TPSA) is 47.2 Å². The van der Waals surface area contributed by atoms with Gasteiger partial charge in [-0.05, 0) is 48.6 Å². The van der Waals surface area contributed by atoms with Crippen LogP contribution in [-0.2, 0) is 19.4 Å². The number of nitrogens with one attached hydrogen (secondary N) is 1. The molecule has 0 unspecified atom stereocenters. The summed E-state index contributed by atoms with van der Waals surface area (Å²) in [4.78, 5) is 12.8. The minimum Gasteiger partial charge on any atom is -0.466 e. The summed E-state index contributed by atoms with van der Waals surface area (Å²) >= 11 is 1.67. The number of fused-ring (bicyclic) bond motifs is 1. The quantitative estimate of drug-likeness (QED) is 0.501. The third kappa shape index (κ3) is 3.98. The van der Waals surface area contributed by atoms with Gasteiger partial charge in [-0.2, -0.15) is 0 Å². The van der Waals surface area contributed by atoms with E-state index in [-0.39, 0.29) is 5.91 Å². The van der Waals surface area contributed by atoms with E-state index in [4.69, 9.17) is 4.42 Å². The smallest absolute Gasteiger partial charge is 0.267 e. The Morgan fingerprint density at radius 2 is 1.96 bits per heavy atom. The minimum atomic E-state index is -0.0326. The molecule has 1 amide bonds. The molecular weight excluding hydrogens is 356 g/mol. The number of amides is 1. The molecule has 1 N–H and O–H groups in total. The Bertz CT molecular complexity index is 1040. The zero-order chi connectivity index (χ0) is 18.6. The van der Waals surface area contributed by atoms with Gasteiger partial charge < -0.3 is 14.3 Å². The Hall–Kier alpha value is -2.79. The fraction of sp³-hybridized carbons (Fsp3) is 0.227. The van der Waals surface area contributed by atoms with Crippen molar-refractivity contribution in [2.75, 3.05) is 6.54 Å². The molecule has 4 aromatic rings. The molecule has 0 aliphatic heterocycles. The lowest BCUT2D eigenvalue weighted by Gasteiger charge is -2.11. The number of hydrogen-bond donors (Lipinski definition) is 1. The Kier molecular flexibility index (Phi) is 5.12. The zero-order valence-corrected chi connectivity index (χ0v) is 16.1. The molecule has 5 heteroatoms. The predicted octanol–water partition coefficient (Wildman–Crippen LogP) is 4.82. The van der Waals surface area contributed by atoms with Crippen LogP contribution in [0.3, 0.4) is 0 Å². The molecule has 0 fully saturated rings. The summed E-state index contributed by atoms with van der Waals surface area (Å²) in [7, 11) is 0. The fourth-order valence-electron chi connectivity index (χ4n) is 3.30. The van der Waals surface area contributed by atoms with Gasteiger partial charge in [0.05, 0.1) is 10.2 Å². The molecule has 1 aromatic carbocycles. The maximum Gasteiger partial charge on any atom is 0.267 e. The van der Waals surface area contributed by atoms with Crippen molar-refractivity contribution in [2.45, 2.75) is 26.3 Å². The van der Waals surface area contributed by atoms with Crippen LogP contribution in [0.2, 0.25) is 0 Å². The van der Waals surface area contributed by atoms with Crippen LogP contribution >= 0.6 is 11.3 Å². The van der Waals surface area contributed by atoms with Crippen LogP contribution in [-0.4, -0.2) is 17.0 Å². The van der Waals surface area contributed by atoms with Crippen molar-refractivity contribution < 1.29 is 9.21 Å². The van der Waals surface area contributed by atoms with Gasteiger partial charge in [0.2, 0.25) is 0 Å². The number of nitrogens with zero attached hydrogens (tertiary/aromatic N) is 1. The summed E-state index contributed by atoms with van der Waals surface area (Å²) in [5, 5.41) is 5.10. The maximum absolute atomic E-state index is 12.8. The van der Waals surface area contributed by atoms with Crippen LogP contribution < -0.4 is 5.32 Å². The number of aromatic nitrogens is 1. The van der Waals surface area contributed by atoms with Crippen molar-refractivity contribution in [1.82, 2.24) is 9.88 Å². The monoisotopic (exact) mass is 378 g/mol. The van der Waals surface area contributed by atoms with E-state index in [1.54, 1.807) is 11.3 Å². The largest absolute Gasteiger partial charge is 0.466 e. The van der Waals surface area contributed by atoms with Gasteiger partial charge in [-0.15, -0.1) is 11.3 Å². The molecule has 3 heterocycles. The molecule has 27 heavy (non-hydrogen) atoms. The summed E-state index contributed by atoms with van der Waals surface area (Å²) < 4.78 is 8.84. The van der Waals surface area contributed by atoms with Crippen LogP contribution in [0.4, 0.5) is 0 Å². The molecular formula is C22H22N2O2S. The molecule has 0 saturated carbocycles. The SMILES string of the molecule is Cc1ccc(CCNC(=O)c2cc3sccc3n2CCc2ccccc2)o1. The van der Waals surface area contributed by atoms with Crippen molar-refractivity contribution >= 4 is 27.5 Å². The summed E-state index contributed by atoms with van der Waals surface area (Å²) in [6.07, 6.45) is 1.59. The molecule has 138 valence electrons. The zero-order valence-electron chi connectivity index (χ0n) is 15.3. The van der Waals surface area contributed by atoms with Crippen molar-refractivity contribution in [1.29, 1.82) is 0 Å². The minimum absolute atomic E-state index is 0.0326. The number of thiophene rings is 1. The average molecular weight is 378 g/mol. The van der Waals surface area contributed by atoms with Gasteiger partial charge in [0.15, 0.2) is 0 Å². The van der Waals surface area contributed by atoms with Crippen molar-refractivity contribution in [2.24, 2.45) is 0 Å².